The Morgan fingerprint density at radius 1 is 0.381 bits per heavy atom. The maximum atomic E-state index is 14.0. The summed E-state index contributed by atoms with van der Waals surface area (Å²) in [6, 6.07) is 68.2. The number of carbonyl (C=O) groups excluding carboxylic acids is 9. The zero-order valence-corrected chi connectivity index (χ0v) is 83.9. The van der Waals surface area contributed by atoms with E-state index in [4.69, 9.17) is 99.5 Å². The van der Waals surface area contributed by atoms with Crippen molar-refractivity contribution in [1.29, 1.82) is 0 Å². The van der Waals surface area contributed by atoms with Crippen LogP contribution < -0.4 is 0 Å². The molecule has 10 unspecified atom stereocenters. The molecule has 36 heteroatoms. The third-order valence-electron chi connectivity index (χ3n) is 27.8. The minimum atomic E-state index is -2.44. The molecule has 8 aromatic carbocycles. The molecule has 6 aliphatic heterocycles. The fourth-order valence-corrected chi connectivity index (χ4v) is 19.0. The normalized spacial score (nSPS) is 30.9. The standard InChI is InChI=1S/C58H70O17.C53H62O19/c1-9-44(69-39(7)59)36(4)48-35(3)34(2)30-58(75-48,57(64)65-8)68-33-45-47(60)37(5)50(72-53(62)42-26-18-12-19-27-42)56(70-45)74-49-38(6)51(73-54(63)43-28-20-13-21-29-43)55(67-31-40-22-14-10-15-23-40)71-46(49)32-66-52(61)41-24-16-11-17-25-41;1-30-37(55)25-53(52(62)63-4,72-44(30)42(58)38(56)26-54)66-29-39-41(57)31(2)45(69-48(60)35-21-13-7-14-22-35)51(67-39)71-43-32(3)46(70-49(61)36-23-15-8-16-24-36)50(65-27-33-17-9-5-10-18-33)68-40(43)28-64-47(59)34-19-11-6-12-20-34/h10-29,34-38,44-51,55-56,60H,9,30-33H2,1-8H3;5-24,30-32,37-46,50-51,54-58H,25-29H2,1-4H3/t34-,35-,36-,37+,38+,44-,45?,46?,47-,48?,49+,50?,51?,55-,56+,58-;30-,31+,32+,37-,38-,39?,40?,41-,42-,43+,44?,45?,46?,50-,51+,53-/m11/s1. The van der Waals surface area contributed by atoms with E-state index in [1.165, 1.54) is 33.1 Å². The Morgan fingerprint density at radius 2 is 0.694 bits per heavy atom. The molecule has 147 heavy (non-hydrogen) atoms. The third kappa shape index (κ3) is 28.3. The second-order valence-electron chi connectivity index (χ2n) is 37.9. The van der Waals surface area contributed by atoms with E-state index in [-0.39, 0.29) is 77.4 Å². The Balaban J connectivity index is 0.000000246. The molecule has 6 saturated heterocycles. The van der Waals surface area contributed by atoms with E-state index in [2.05, 4.69) is 0 Å². The van der Waals surface area contributed by atoms with Crippen LogP contribution >= 0.6 is 0 Å². The summed E-state index contributed by atoms with van der Waals surface area (Å²) in [5.41, 5.74) is 3.00. The summed E-state index contributed by atoms with van der Waals surface area (Å²) < 4.78 is 131. The molecular weight excluding hydrogens is 1910 g/mol. The molecular formula is C111H132O36. The molecule has 0 spiro atoms. The summed E-state index contributed by atoms with van der Waals surface area (Å²) in [6.07, 6.45) is -28.5. The third-order valence-corrected chi connectivity index (χ3v) is 27.8. The molecule has 0 saturated carbocycles. The summed E-state index contributed by atoms with van der Waals surface area (Å²) >= 11 is 0. The molecule has 8 aromatic rings. The van der Waals surface area contributed by atoms with Gasteiger partial charge in [-0.25, -0.2) is 38.4 Å². The number of aliphatic hydroxyl groups is 6. The average Bonchev–Trinajstić information content (AvgIpc) is 0.780. The summed E-state index contributed by atoms with van der Waals surface area (Å²) in [5, 5.41) is 66.1. The molecule has 0 aromatic heterocycles. The van der Waals surface area contributed by atoms with Crippen LogP contribution in [0.5, 0.6) is 0 Å². The largest absolute Gasteiger partial charge is 0.465 e. The van der Waals surface area contributed by atoms with Crippen molar-refractivity contribution in [2.24, 2.45) is 47.3 Å². The monoisotopic (exact) mass is 2040 g/mol. The highest BCUT2D eigenvalue weighted by atomic mass is 16.8. The number of ether oxygens (including phenoxy) is 21. The fraction of sp³-hybridized carbons (Fsp3) is 0.486. The van der Waals surface area contributed by atoms with Crippen molar-refractivity contribution in [2.75, 3.05) is 47.3 Å². The van der Waals surface area contributed by atoms with Crippen LogP contribution in [0.25, 0.3) is 0 Å². The summed E-state index contributed by atoms with van der Waals surface area (Å²) in [7, 11) is 2.26. The predicted molar refractivity (Wildman–Crippen MR) is 520 cm³/mol. The average molecular weight is 2040 g/mol. The quantitative estimate of drug-likeness (QED) is 0.0154. The number of hydrogen-bond acceptors (Lipinski definition) is 36. The van der Waals surface area contributed by atoms with Gasteiger partial charge in [0.1, 0.15) is 55.9 Å². The van der Waals surface area contributed by atoms with Crippen molar-refractivity contribution in [3.05, 3.63) is 287 Å². The number of hydrogen-bond donors (Lipinski definition) is 6. The van der Waals surface area contributed by atoms with Crippen LogP contribution in [0.2, 0.25) is 0 Å². The molecule has 792 valence electrons. The fourth-order valence-electron chi connectivity index (χ4n) is 19.0. The van der Waals surface area contributed by atoms with E-state index in [1.807, 2.05) is 88.4 Å². The first-order chi connectivity index (χ1) is 70.7. The number of carbonyl (C=O) groups is 9. The molecule has 0 radical (unpaired) electrons. The second kappa shape index (κ2) is 52.9. The lowest BCUT2D eigenvalue weighted by atomic mass is 9.76. The SMILES string of the molecule is CC[C@@H](OC(C)=O)[C@@H](C)C1O[C@@](OCC2O[C@@H](O[C@@H]3C(COC(=O)c4ccccc4)O[C@@H](OCc4ccccc4)C(OC(=O)c4ccccc4)[C@H]3C)C(OC(=O)c3ccccc3)[C@@H](C)[C@H]2O)(C(=O)OC)C[C@@H](C)[C@H]1C.COC(=O)[C@@]1(OCC2O[C@@H](O[C@@H]3C(COC(=O)c4ccccc4)O[C@@H](OCc4ccccc4)C(OC(=O)c4ccccc4)[C@H]3C)C(OC(=O)c3ccccc3)[C@@H](C)[C@H]2O)C[C@@H](O)[C@@H](C)C([C@H](O)[C@H](O)CO)O1. The van der Waals surface area contributed by atoms with Gasteiger partial charge in [-0.3, -0.25) is 4.79 Å². The molecule has 14 rings (SSSR count). The lowest BCUT2D eigenvalue weighted by Crippen LogP contribution is -2.64. The van der Waals surface area contributed by atoms with Crippen molar-refractivity contribution in [1.82, 2.24) is 0 Å². The zero-order valence-electron chi connectivity index (χ0n) is 83.9. The van der Waals surface area contributed by atoms with Gasteiger partial charge in [-0.2, -0.15) is 0 Å². The molecule has 6 aliphatic rings. The van der Waals surface area contributed by atoms with Crippen LogP contribution in [0, 0.1) is 47.3 Å². The van der Waals surface area contributed by atoms with Crippen molar-refractivity contribution < 1.29 is 173 Å². The van der Waals surface area contributed by atoms with Crippen LogP contribution in [-0.2, 0) is 127 Å². The molecule has 36 nitrogen and oxygen atoms in total. The molecule has 0 amide bonds. The van der Waals surface area contributed by atoms with E-state index >= 15 is 0 Å². The first kappa shape index (κ1) is 112. The van der Waals surface area contributed by atoms with Gasteiger partial charge in [-0.05, 0) is 102 Å². The maximum Gasteiger partial charge on any atom is 0.366 e. The minimum Gasteiger partial charge on any atom is -0.465 e. The lowest BCUT2D eigenvalue weighted by molar-refractivity contribution is -0.359. The number of esters is 9. The Bertz CT molecular complexity index is 5510. The van der Waals surface area contributed by atoms with Gasteiger partial charge in [0.05, 0.1) is 123 Å². The van der Waals surface area contributed by atoms with Gasteiger partial charge < -0.3 is 130 Å². The highest BCUT2D eigenvalue weighted by Gasteiger charge is 2.61. The number of rotatable bonds is 39. The Morgan fingerprint density at radius 3 is 1.02 bits per heavy atom. The van der Waals surface area contributed by atoms with Crippen LogP contribution in [0.3, 0.4) is 0 Å². The van der Waals surface area contributed by atoms with Gasteiger partial charge in [0.2, 0.25) is 0 Å². The second-order valence-corrected chi connectivity index (χ2v) is 37.9. The highest BCUT2D eigenvalue weighted by Crippen LogP contribution is 2.47. The van der Waals surface area contributed by atoms with Crippen molar-refractivity contribution in [3.8, 4) is 0 Å². The van der Waals surface area contributed by atoms with E-state index in [1.54, 1.807) is 198 Å². The smallest absolute Gasteiger partial charge is 0.366 e. The first-order valence-electron chi connectivity index (χ1n) is 49.4. The van der Waals surface area contributed by atoms with Gasteiger partial charge in [0.25, 0.3) is 11.6 Å². The van der Waals surface area contributed by atoms with E-state index < -0.39 is 263 Å². The van der Waals surface area contributed by atoms with Crippen molar-refractivity contribution >= 4 is 53.7 Å². The Hall–Kier alpha value is -11.7. The topological polar surface area (TPSA) is 469 Å². The van der Waals surface area contributed by atoms with Gasteiger partial charge in [-0.15, -0.1) is 0 Å². The number of aliphatic hydroxyl groups excluding tert-OH is 6. The van der Waals surface area contributed by atoms with E-state index in [9.17, 15) is 73.8 Å². The molecule has 6 heterocycles. The zero-order chi connectivity index (χ0) is 105. The van der Waals surface area contributed by atoms with Crippen molar-refractivity contribution in [2.45, 2.75) is 248 Å². The van der Waals surface area contributed by atoms with Gasteiger partial charge in [0, 0.05) is 55.3 Å². The maximum absolute atomic E-state index is 14.0. The van der Waals surface area contributed by atoms with E-state index in [0.717, 1.165) is 18.2 Å². The Labute approximate surface area is 852 Å². The van der Waals surface area contributed by atoms with E-state index in [0.29, 0.717) is 6.42 Å². The minimum absolute atomic E-state index is 0.0223. The van der Waals surface area contributed by atoms with Crippen molar-refractivity contribution in [3.63, 3.8) is 0 Å². The molecule has 6 N–H and O–H groups in total. The summed E-state index contributed by atoms with van der Waals surface area (Å²) in [6.45, 7) is 14.6. The summed E-state index contributed by atoms with van der Waals surface area (Å²) in [4.78, 5) is 122. The van der Waals surface area contributed by atoms with Crippen LogP contribution in [0.15, 0.2) is 243 Å². The Kier molecular flexibility index (Phi) is 40.5. The van der Waals surface area contributed by atoms with Gasteiger partial charge in [-0.1, -0.05) is 232 Å². The molecule has 0 bridgehead atoms. The molecule has 32 atom stereocenters. The predicted octanol–water partition coefficient (Wildman–Crippen LogP) is 11.3. The number of benzene rings is 8. The summed E-state index contributed by atoms with van der Waals surface area (Å²) in [5.74, 6) is -16.3. The molecule has 6 fully saturated rings. The number of methoxy groups -OCH3 is 2. The van der Waals surface area contributed by atoms with Gasteiger partial charge in [0.15, 0.2) is 49.6 Å². The van der Waals surface area contributed by atoms with Crippen LogP contribution in [0.1, 0.15) is 162 Å². The van der Waals surface area contributed by atoms with Gasteiger partial charge >= 0.3 is 53.7 Å². The lowest BCUT2D eigenvalue weighted by Gasteiger charge is -2.50. The highest BCUT2D eigenvalue weighted by molar-refractivity contribution is 5.92. The van der Waals surface area contributed by atoms with Crippen LogP contribution in [-0.4, -0.2) is 278 Å². The molecule has 0 aliphatic carbocycles. The first-order valence-corrected chi connectivity index (χ1v) is 49.4. The van der Waals surface area contributed by atoms with Crippen LogP contribution in [0.4, 0.5) is 0 Å².